The molecule has 3 rings (SSSR count). The molecule has 26 heavy (non-hydrogen) atoms. The third-order valence-electron chi connectivity index (χ3n) is 3.94. The maximum Gasteiger partial charge on any atom is 0.326 e. The van der Waals surface area contributed by atoms with E-state index in [0.29, 0.717) is 17.7 Å². The van der Waals surface area contributed by atoms with Gasteiger partial charge < -0.3 is 15.4 Å². The normalized spacial score (nSPS) is 12.1. The predicted octanol–water partition coefficient (Wildman–Crippen LogP) is 3.01. The van der Waals surface area contributed by atoms with Crippen molar-refractivity contribution < 1.29 is 27.9 Å². The molecule has 0 saturated carbocycles. The summed E-state index contributed by atoms with van der Waals surface area (Å²) in [6, 6.07) is 6.44. The van der Waals surface area contributed by atoms with Crippen LogP contribution in [0.15, 0.2) is 42.6 Å². The van der Waals surface area contributed by atoms with E-state index in [9.17, 15) is 27.9 Å². The van der Waals surface area contributed by atoms with Crippen LogP contribution < -0.4 is 5.32 Å². The molecular weight excluding hydrogens is 349 g/mol. The SMILES string of the molecule is O=C(N[C@H](Cc1c[nH]c2ccccc12)C(=O)O)c1c(F)cc(F)cc1F. The first-order chi connectivity index (χ1) is 12.4. The number of H-pyrrole nitrogens is 1. The van der Waals surface area contributed by atoms with Gasteiger partial charge in [0.2, 0.25) is 0 Å². The Morgan fingerprint density at radius 1 is 1.12 bits per heavy atom. The number of nitrogens with one attached hydrogen (secondary N) is 2. The minimum absolute atomic E-state index is 0.102. The Bertz CT molecular complexity index is 977. The molecule has 0 fully saturated rings. The third kappa shape index (κ3) is 3.39. The van der Waals surface area contributed by atoms with Gasteiger partial charge in [-0.2, -0.15) is 0 Å². The minimum atomic E-state index is -1.43. The van der Waals surface area contributed by atoms with E-state index in [1.54, 1.807) is 30.5 Å². The standard InChI is InChI=1S/C18H13F3N2O3/c19-10-6-12(20)16(13(21)7-10)17(24)23-15(18(25)26)5-9-8-22-14-4-2-1-3-11(9)14/h1-4,6-8,15,22H,5H2,(H,23,24)(H,25,26)/t15-/m1/s1. The van der Waals surface area contributed by atoms with Crippen LogP contribution in [-0.4, -0.2) is 28.0 Å². The number of hydrogen-bond donors (Lipinski definition) is 3. The first-order valence-corrected chi connectivity index (χ1v) is 7.60. The highest BCUT2D eigenvalue weighted by Crippen LogP contribution is 2.20. The lowest BCUT2D eigenvalue weighted by Crippen LogP contribution is -2.43. The van der Waals surface area contributed by atoms with Crippen molar-refractivity contribution in [3.05, 3.63) is 71.2 Å². The van der Waals surface area contributed by atoms with E-state index < -0.39 is 40.9 Å². The molecule has 8 heteroatoms. The Morgan fingerprint density at radius 3 is 2.42 bits per heavy atom. The largest absolute Gasteiger partial charge is 0.480 e. The number of carbonyl (C=O) groups excluding carboxylic acids is 1. The van der Waals surface area contributed by atoms with Crippen LogP contribution >= 0.6 is 0 Å². The van der Waals surface area contributed by atoms with Crippen molar-refractivity contribution in [2.45, 2.75) is 12.5 Å². The van der Waals surface area contributed by atoms with E-state index in [-0.39, 0.29) is 6.42 Å². The number of hydrogen-bond acceptors (Lipinski definition) is 2. The number of fused-ring (bicyclic) bond motifs is 1. The third-order valence-corrected chi connectivity index (χ3v) is 3.94. The number of carboxylic acids is 1. The van der Waals surface area contributed by atoms with Crippen LogP contribution in [0.2, 0.25) is 0 Å². The highest BCUT2D eigenvalue weighted by Gasteiger charge is 2.26. The van der Waals surface area contributed by atoms with E-state index >= 15 is 0 Å². The fraction of sp³-hybridized carbons (Fsp3) is 0.111. The van der Waals surface area contributed by atoms with E-state index in [2.05, 4.69) is 10.3 Å². The summed E-state index contributed by atoms with van der Waals surface area (Å²) in [6.45, 7) is 0. The highest BCUT2D eigenvalue weighted by atomic mass is 19.1. The lowest BCUT2D eigenvalue weighted by molar-refractivity contribution is -0.139. The smallest absolute Gasteiger partial charge is 0.326 e. The van der Waals surface area contributed by atoms with Gasteiger partial charge in [0.05, 0.1) is 0 Å². The van der Waals surface area contributed by atoms with Crippen molar-refractivity contribution in [1.82, 2.24) is 10.3 Å². The molecule has 5 nitrogen and oxygen atoms in total. The Kier molecular flexibility index (Phi) is 4.66. The summed E-state index contributed by atoms with van der Waals surface area (Å²) in [6.07, 6.45) is 1.50. The van der Waals surface area contributed by atoms with Crippen LogP contribution in [0, 0.1) is 17.5 Å². The Morgan fingerprint density at radius 2 is 1.77 bits per heavy atom. The first kappa shape index (κ1) is 17.5. The van der Waals surface area contributed by atoms with Gasteiger partial charge in [-0.25, -0.2) is 18.0 Å². The number of aromatic nitrogens is 1. The summed E-state index contributed by atoms with van der Waals surface area (Å²) in [7, 11) is 0. The van der Waals surface area contributed by atoms with Crippen molar-refractivity contribution in [3.63, 3.8) is 0 Å². The van der Waals surface area contributed by atoms with E-state index in [0.717, 1.165) is 10.9 Å². The van der Waals surface area contributed by atoms with Crippen LogP contribution in [0.1, 0.15) is 15.9 Å². The molecular formula is C18H13F3N2O3. The van der Waals surface area contributed by atoms with Crippen LogP contribution in [0.4, 0.5) is 13.2 Å². The fourth-order valence-electron chi connectivity index (χ4n) is 2.71. The van der Waals surface area contributed by atoms with Gasteiger partial charge in [0.15, 0.2) is 0 Å². The van der Waals surface area contributed by atoms with Crippen LogP contribution in [-0.2, 0) is 11.2 Å². The predicted molar refractivity (Wildman–Crippen MR) is 87.2 cm³/mol. The zero-order valence-electron chi connectivity index (χ0n) is 13.2. The van der Waals surface area contributed by atoms with Gasteiger partial charge in [-0.3, -0.25) is 4.79 Å². The van der Waals surface area contributed by atoms with Gasteiger partial charge in [0, 0.05) is 35.7 Å². The van der Waals surface area contributed by atoms with Crippen LogP contribution in [0.3, 0.4) is 0 Å². The van der Waals surface area contributed by atoms with Crippen molar-refractivity contribution >= 4 is 22.8 Å². The summed E-state index contributed by atoms with van der Waals surface area (Å²) in [5.41, 5.74) is 0.374. The topological polar surface area (TPSA) is 82.2 Å². The fourth-order valence-corrected chi connectivity index (χ4v) is 2.71. The van der Waals surface area contributed by atoms with E-state index in [4.69, 9.17) is 0 Å². The number of para-hydroxylation sites is 1. The molecule has 0 radical (unpaired) electrons. The van der Waals surface area contributed by atoms with Gasteiger partial charge in [-0.15, -0.1) is 0 Å². The molecule has 0 bridgehead atoms. The second-order valence-corrected chi connectivity index (χ2v) is 5.67. The molecule has 0 saturated heterocycles. The number of carboxylic acid groups (broad SMARTS) is 1. The number of amides is 1. The Balaban J connectivity index is 1.85. The average Bonchev–Trinajstić information content (AvgIpc) is 2.96. The van der Waals surface area contributed by atoms with Crippen LogP contribution in [0.5, 0.6) is 0 Å². The number of rotatable bonds is 5. The van der Waals surface area contributed by atoms with Gasteiger partial charge >= 0.3 is 5.97 Å². The average molecular weight is 362 g/mol. The summed E-state index contributed by atoms with van der Waals surface area (Å²) >= 11 is 0. The van der Waals surface area contributed by atoms with Gasteiger partial charge in [-0.05, 0) is 11.6 Å². The monoisotopic (exact) mass is 362 g/mol. The molecule has 3 N–H and O–H groups in total. The number of halogens is 3. The summed E-state index contributed by atoms with van der Waals surface area (Å²) in [4.78, 5) is 26.6. The zero-order chi connectivity index (χ0) is 18.8. The summed E-state index contributed by atoms with van der Waals surface area (Å²) in [5, 5.41) is 12.2. The Labute approximate surface area is 145 Å². The zero-order valence-corrected chi connectivity index (χ0v) is 13.2. The molecule has 134 valence electrons. The Hall–Kier alpha value is -3.29. The molecule has 2 aromatic carbocycles. The number of benzene rings is 2. The molecule has 1 amide bonds. The molecule has 0 aliphatic carbocycles. The van der Waals surface area contributed by atoms with Gasteiger partial charge in [0.1, 0.15) is 29.1 Å². The van der Waals surface area contributed by atoms with Crippen molar-refractivity contribution in [3.8, 4) is 0 Å². The summed E-state index contributed by atoms with van der Waals surface area (Å²) in [5.74, 6) is -6.63. The molecule has 0 aliphatic rings. The van der Waals surface area contributed by atoms with Gasteiger partial charge in [0.25, 0.3) is 5.91 Å². The lowest BCUT2D eigenvalue weighted by Gasteiger charge is -2.15. The molecule has 1 aromatic heterocycles. The van der Waals surface area contributed by atoms with Gasteiger partial charge in [-0.1, -0.05) is 18.2 Å². The first-order valence-electron chi connectivity index (χ1n) is 7.60. The van der Waals surface area contributed by atoms with Crippen molar-refractivity contribution in [1.29, 1.82) is 0 Å². The quantitative estimate of drug-likeness (QED) is 0.653. The molecule has 0 spiro atoms. The van der Waals surface area contributed by atoms with E-state index in [1.807, 2.05) is 0 Å². The number of carbonyl (C=O) groups is 2. The second-order valence-electron chi connectivity index (χ2n) is 5.67. The molecule has 0 aliphatic heterocycles. The molecule has 3 aromatic rings. The maximum atomic E-state index is 13.7. The second kappa shape index (κ2) is 6.91. The number of aliphatic carboxylic acids is 1. The molecule has 1 atom stereocenters. The minimum Gasteiger partial charge on any atom is -0.480 e. The van der Waals surface area contributed by atoms with Crippen molar-refractivity contribution in [2.24, 2.45) is 0 Å². The lowest BCUT2D eigenvalue weighted by atomic mass is 10.0. The summed E-state index contributed by atoms with van der Waals surface area (Å²) < 4.78 is 40.4. The number of aromatic amines is 1. The highest BCUT2D eigenvalue weighted by molar-refractivity contribution is 5.97. The maximum absolute atomic E-state index is 13.7. The van der Waals surface area contributed by atoms with E-state index in [1.165, 1.54) is 0 Å². The molecule has 1 heterocycles. The van der Waals surface area contributed by atoms with Crippen molar-refractivity contribution in [2.75, 3.05) is 0 Å². The molecule has 0 unspecified atom stereocenters. The van der Waals surface area contributed by atoms with Crippen LogP contribution in [0.25, 0.3) is 10.9 Å².